The zero-order valence-electron chi connectivity index (χ0n) is 25.2. The van der Waals surface area contributed by atoms with Crippen LogP contribution in [0.1, 0.15) is 90.3 Å². The molecule has 0 aromatic heterocycles. The average Bonchev–Trinajstić information content (AvgIpc) is 3.77. The van der Waals surface area contributed by atoms with E-state index >= 15 is 0 Å². The third-order valence-electron chi connectivity index (χ3n) is 9.17. The Morgan fingerprint density at radius 1 is 0.857 bits per heavy atom. The minimum atomic E-state index is -1.07. The number of carbonyl (C=O) groups excluding carboxylic acids is 2. The van der Waals surface area contributed by atoms with Crippen LogP contribution in [0.3, 0.4) is 0 Å². The molecule has 0 radical (unpaired) electrons. The van der Waals surface area contributed by atoms with E-state index in [1.807, 2.05) is 18.2 Å². The number of hydrogen-bond acceptors (Lipinski definition) is 4. The van der Waals surface area contributed by atoms with Crippen LogP contribution in [0.5, 0.6) is 0 Å². The first-order valence-corrected chi connectivity index (χ1v) is 14.7. The van der Waals surface area contributed by atoms with Crippen LogP contribution in [0.4, 0.5) is 10.5 Å². The lowest BCUT2D eigenvalue weighted by molar-refractivity contribution is 0.0696. The van der Waals surface area contributed by atoms with Crippen molar-refractivity contribution in [1.82, 2.24) is 10.2 Å². The van der Waals surface area contributed by atoms with Gasteiger partial charge in [-0.1, -0.05) is 64.1 Å². The fourth-order valence-electron chi connectivity index (χ4n) is 6.24. The Hall–Kier alpha value is -3.97. The van der Waals surface area contributed by atoms with Crippen molar-refractivity contribution in [3.05, 3.63) is 101 Å². The van der Waals surface area contributed by atoms with Gasteiger partial charge >= 0.3 is 12.0 Å². The number of likely N-dealkylation sites (N-methyl/N-ethyl adjacent to an activating group) is 1. The summed E-state index contributed by atoms with van der Waals surface area (Å²) in [6.45, 7) is 9.92. The molecule has 1 saturated carbocycles. The summed E-state index contributed by atoms with van der Waals surface area (Å²) in [5, 5.41) is 12.3. The number of anilines is 1. The molecule has 3 aromatic carbocycles. The molecule has 7 nitrogen and oxygen atoms in total. The number of imide groups is 1. The topological polar surface area (TPSA) is 90.0 Å². The van der Waals surface area contributed by atoms with Gasteiger partial charge in [0.05, 0.1) is 11.3 Å². The first kappa shape index (κ1) is 29.5. The largest absolute Gasteiger partial charge is 0.478 e. The molecule has 220 valence electrons. The van der Waals surface area contributed by atoms with Gasteiger partial charge in [0.2, 0.25) is 0 Å². The highest BCUT2D eigenvalue weighted by molar-refractivity contribution is 6.20. The Labute approximate surface area is 248 Å². The van der Waals surface area contributed by atoms with Crippen LogP contribution >= 0.6 is 0 Å². The quantitative estimate of drug-likeness (QED) is 0.321. The smallest absolute Gasteiger partial charge is 0.335 e. The van der Waals surface area contributed by atoms with Crippen LogP contribution in [-0.2, 0) is 10.8 Å². The van der Waals surface area contributed by atoms with E-state index in [9.17, 15) is 19.5 Å². The van der Waals surface area contributed by atoms with Crippen LogP contribution in [0, 0.1) is 0 Å². The maximum Gasteiger partial charge on any atom is 0.335 e. The van der Waals surface area contributed by atoms with Crippen LogP contribution in [0.15, 0.2) is 72.8 Å². The second-order valence-electron chi connectivity index (χ2n) is 13.1. The Bertz CT molecular complexity index is 1480. The summed E-state index contributed by atoms with van der Waals surface area (Å²) in [6, 6.07) is 22.0. The van der Waals surface area contributed by atoms with Crippen molar-refractivity contribution in [1.29, 1.82) is 0 Å². The van der Waals surface area contributed by atoms with E-state index in [-0.39, 0.29) is 22.0 Å². The molecule has 42 heavy (non-hydrogen) atoms. The lowest BCUT2D eigenvalue weighted by Crippen LogP contribution is -2.46. The molecule has 2 N–H and O–H groups in total. The maximum absolute atomic E-state index is 13.8. The molecule has 3 amide bonds. The van der Waals surface area contributed by atoms with E-state index in [0.29, 0.717) is 30.7 Å². The molecule has 2 atom stereocenters. The fraction of sp³-hybridized carbons (Fsp3) is 0.400. The van der Waals surface area contributed by atoms with E-state index in [1.54, 1.807) is 0 Å². The zero-order valence-corrected chi connectivity index (χ0v) is 25.2. The van der Waals surface area contributed by atoms with Gasteiger partial charge in [-0.05, 0) is 90.2 Å². The minimum Gasteiger partial charge on any atom is -0.478 e. The highest BCUT2D eigenvalue weighted by atomic mass is 16.4. The van der Waals surface area contributed by atoms with E-state index in [1.165, 1.54) is 40.3 Å². The number of urea groups is 1. The SMILES string of the molecule is CN(CCNC(=O)N(C(=O)c1ccc(C(=O)O)cc1)c1ccc2c(c1)C(C)(C)CCC2(C)C)C1CC1c1ccccc1. The van der Waals surface area contributed by atoms with Crippen molar-refractivity contribution in [3.63, 3.8) is 0 Å². The normalized spacial score (nSPS) is 20.0. The maximum atomic E-state index is 13.8. The summed E-state index contributed by atoms with van der Waals surface area (Å²) in [6.07, 6.45) is 3.16. The number of fused-ring (bicyclic) bond motifs is 1. The van der Waals surface area contributed by atoms with Gasteiger partial charge < -0.3 is 15.3 Å². The lowest BCUT2D eigenvalue weighted by atomic mass is 9.63. The lowest BCUT2D eigenvalue weighted by Gasteiger charge is -2.42. The zero-order chi connectivity index (χ0) is 30.2. The number of amides is 3. The predicted molar refractivity (Wildman–Crippen MR) is 166 cm³/mol. The number of carboxylic acids is 1. The second-order valence-corrected chi connectivity index (χ2v) is 13.1. The van der Waals surface area contributed by atoms with Crippen molar-refractivity contribution >= 4 is 23.6 Å². The first-order chi connectivity index (χ1) is 19.9. The first-order valence-electron chi connectivity index (χ1n) is 14.7. The van der Waals surface area contributed by atoms with Crippen molar-refractivity contribution in [2.75, 3.05) is 25.0 Å². The van der Waals surface area contributed by atoms with Gasteiger partial charge in [-0.15, -0.1) is 0 Å². The second kappa shape index (κ2) is 11.4. The number of carboxylic acid groups (broad SMARTS) is 1. The molecule has 2 unspecified atom stereocenters. The standard InChI is InChI=1S/C35H41N3O4/c1-34(2)17-18-35(3,4)29-21-26(15-16-28(29)34)38(31(39)24-11-13-25(14-12-24)32(40)41)33(42)36-19-20-37(5)30-22-27(30)23-9-7-6-8-10-23/h6-16,21,27,30H,17-20,22H2,1-5H3,(H,36,42)(H,40,41). The molecule has 0 aliphatic heterocycles. The highest BCUT2D eigenvalue weighted by Gasteiger charge is 2.41. The van der Waals surface area contributed by atoms with E-state index < -0.39 is 17.9 Å². The van der Waals surface area contributed by atoms with Crippen molar-refractivity contribution in [2.24, 2.45) is 0 Å². The molecule has 0 heterocycles. The molecule has 0 saturated heterocycles. The van der Waals surface area contributed by atoms with Crippen LogP contribution in [-0.4, -0.2) is 54.1 Å². The van der Waals surface area contributed by atoms with Gasteiger partial charge in [0.15, 0.2) is 0 Å². The third-order valence-corrected chi connectivity index (χ3v) is 9.17. The summed E-state index contributed by atoms with van der Waals surface area (Å²) in [4.78, 5) is 42.4. The van der Waals surface area contributed by atoms with Crippen molar-refractivity contribution < 1.29 is 19.5 Å². The highest BCUT2D eigenvalue weighted by Crippen LogP contribution is 2.47. The Morgan fingerprint density at radius 2 is 1.48 bits per heavy atom. The molecule has 2 aliphatic carbocycles. The molecule has 1 fully saturated rings. The number of nitrogens with zero attached hydrogens (tertiary/aromatic N) is 2. The predicted octanol–water partition coefficient (Wildman–Crippen LogP) is 6.58. The molecule has 2 aliphatic rings. The minimum absolute atomic E-state index is 0.00184. The number of aromatic carboxylic acids is 1. The summed E-state index contributed by atoms with van der Waals surface area (Å²) >= 11 is 0. The van der Waals surface area contributed by atoms with Crippen molar-refractivity contribution in [3.8, 4) is 0 Å². The molecular formula is C35H41N3O4. The molecule has 0 spiro atoms. The number of carbonyl (C=O) groups is 3. The number of benzene rings is 3. The van der Waals surface area contributed by atoms with E-state index in [4.69, 9.17) is 0 Å². The summed E-state index contributed by atoms with van der Waals surface area (Å²) < 4.78 is 0. The molecule has 7 heteroatoms. The third kappa shape index (κ3) is 5.97. The number of hydrogen-bond donors (Lipinski definition) is 2. The fourth-order valence-corrected chi connectivity index (χ4v) is 6.24. The van der Waals surface area contributed by atoms with Gasteiger partial charge in [0, 0.05) is 30.6 Å². The van der Waals surface area contributed by atoms with Gasteiger partial charge in [-0.2, -0.15) is 0 Å². The monoisotopic (exact) mass is 567 g/mol. The molecule has 3 aromatic rings. The van der Waals surface area contributed by atoms with Gasteiger partial charge in [0.1, 0.15) is 0 Å². The average molecular weight is 568 g/mol. The Morgan fingerprint density at radius 3 is 2.12 bits per heavy atom. The molecule has 5 rings (SSSR count). The molecule has 0 bridgehead atoms. The van der Waals surface area contributed by atoms with E-state index in [2.05, 4.69) is 75.3 Å². The van der Waals surface area contributed by atoms with Gasteiger partial charge in [-0.3, -0.25) is 4.79 Å². The summed E-state index contributed by atoms with van der Waals surface area (Å²) in [5.41, 5.74) is 4.44. The number of rotatable bonds is 8. The summed E-state index contributed by atoms with van der Waals surface area (Å²) in [7, 11) is 2.07. The summed E-state index contributed by atoms with van der Waals surface area (Å²) in [5.74, 6) is -1.07. The van der Waals surface area contributed by atoms with E-state index in [0.717, 1.165) is 24.8 Å². The number of nitrogens with one attached hydrogen (secondary N) is 1. The van der Waals surface area contributed by atoms with Crippen LogP contribution < -0.4 is 10.2 Å². The Balaban J connectivity index is 1.37. The Kier molecular flexibility index (Phi) is 7.99. The van der Waals surface area contributed by atoms with Crippen molar-refractivity contribution in [2.45, 2.75) is 69.7 Å². The molecular weight excluding hydrogens is 526 g/mol. The van der Waals surface area contributed by atoms with Gasteiger partial charge in [0.25, 0.3) is 5.91 Å². The van der Waals surface area contributed by atoms with Gasteiger partial charge in [-0.25, -0.2) is 14.5 Å². The van der Waals surface area contributed by atoms with Crippen LogP contribution in [0.2, 0.25) is 0 Å². The van der Waals surface area contributed by atoms with Crippen LogP contribution in [0.25, 0.3) is 0 Å².